The van der Waals surface area contributed by atoms with Gasteiger partial charge in [-0.3, -0.25) is 0 Å². The number of sulfone groups is 1. The van der Waals surface area contributed by atoms with Crippen molar-refractivity contribution in [1.29, 1.82) is 0 Å². The molecule has 1 N–H and O–H groups in total. The molecule has 2 atom stereocenters. The molecule has 0 amide bonds. The summed E-state index contributed by atoms with van der Waals surface area (Å²) in [6.45, 7) is 3.69. The van der Waals surface area contributed by atoms with Gasteiger partial charge in [0.1, 0.15) is 11.9 Å². The van der Waals surface area contributed by atoms with E-state index in [9.17, 15) is 8.42 Å². The second-order valence-corrected chi connectivity index (χ2v) is 8.22. The quantitative estimate of drug-likeness (QED) is 0.920. The van der Waals surface area contributed by atoms with E-state index >= 15 is 0 Å². The summed E-state index contributed by atoms with van der Waals surface area (Å²) in [7, 11) is -3.51. The smallest absolute Gasteiger partial charge is 0.206 e. The average Bonchev–Trinajstić information content (AvgIpc) is 2.92. The minimum atomic E-state index is -3.51. The van der Waals surface area contributed by atoms with Crippen molar-refractivity contribution in [2.75, 3.05) is 13.1 Å². The molecule has 0 aromatic heterocycles. The summed E-state index contributed by atoms with van der Waals surface area (Å²) < 4.78 is 31.6. The van der Waals surface area contributed by atoms with Crippen molar-refractivity contribution in [1.82, 2.24) is 5.32 Å². The highest BCUT2D eigenvalue weighted by Gasteiger charge is 2.36. The standard InChI is InChI=1S/C18H19NO3S/c1-12-3-2-4-13(9-12)23(20,21)14-5-6-15-16-7-8-19-11-18(16)22-17(15)10-14/h2-6,9-10,16,18-19H,7-8,11H2,1H3/t16-,18-/m0/s1. The van der Waals surface area contributed by atoms with Gasteiger partial charge >= 0.3 is 0 Å². The number of nitrogens with one attached hydrogen (secondary N) is 1. The number of hydrogen-bond donors (Lipinski definition) is 1. The van der Waals surface area contributed by atoms with Gasteiger partial charge in [-0.05, 0) is 49.7 Å². The molecule has 0 unspecified atom stereocenters. The third-order valence-electron chi connectivity index (χ3n) is 4.70. The van der Waals surface area contributed by atoms with E-state index in [0.29, 0.717) is 15.7 Å². The van der Waals surface area contributed by atoms with Crippen LogP contribution in [0, 0.1) is 6.92 Å². The second-order valence-electron chi connectivity index (χ2n) is 6.28. The van der Waals surface area contributed by atoms with Crippen LogP contribution in [0.1, 0.15) is 23.5 Å². The van der Waals surface area contributed by atoms with Crippen molar-refractivity contribution in [2.24, 2.45) is 0 Å². The number of aryl methyl sites for hydroxylation is 1. The van der Waals surface area contributed by atoms with Gasteiger partial charge in [-0.15, -0.1) is 0 Å². The van der Waals surface area contributed by atoms with Gasteiger partial charge in [-0.2, -0.15) is 0 Å². The molecule has 120 valence electrons. The van der Waals surface area contributed by atoms with E-state index in [1.54, 1.807) is 30.3 Å². The number of fused-ring (bicyclic) bond motifs is 3. The zero-order valence-electron chi connectivity index (χ0n) is 13.0. The normalized spacial score (nSPS) is 23.0. The Labute approximate surface area is 136 Å². The average molecular weight is 329 g/mol. The van der Waals surface area contributed by atoms with Crippen LogP contribution in [0.4, 0.5) is 0 Å². The first kappa shape index (κ1) is 14.7. The molecule has 4 rings (SSSR count). The molecule has 2 aliphatic heterocycles. The second kappa shape index (κ2) is 5.35. The summed E-state index contributed by atoms with van der Waals surface area (Å²) in [6, 6.07) is 12.3. The maximum atomic E-state index is 12.8. The highest BCUT2D eigenvalue weighted by molar-refractivity contribution is 7.91. The van der Waals surface area contributed by atoms with Gasteiger partial charge in [0.05, 0.1) is 9.79 Å². The minimum Gasteiger partial charge on any atom is -0.488 e. The van der Waals surface area contributed by atoms with E-state index in [1.165, 1.54) is 0 Å². The molecule has 0 aliphatic carbocycles. The lowest BCUT2D eigenvalue weighted by Gasteiger charge is -2.24. The van der Waals surface area contributed by atoms with Crippen molar-refractivity contribution in [3.8, 4) is 5.75 Å². The van der Waals surface area contributed by atoms with Crippen LogP contribution >= 0.6 is 0 Å². The van der Waals surface area contributed by atoms with Gasteiger partial charge in [0.25, 0.3) is 0 Å². The molecular weight excluding hydrogens is 310 g/mol. The molecule has 1 saturated heterocycles. The molecule has 0 saturated carbocycles. The monoisotopic (exact) mass is 329 g/mol. The van der Waals surface area contributed by atoms with Crippen molar-refractivity contribution >= 4 is 9.84 Å². The number of piperidine rings is 1. The molecule has 2 aromatic rings. The van der Waals surface area contributed by atoms with Crippen LogP contribution in [-0.2, 0) is 9.84 Å². The molecule has 5 heteroatoms. The lowest BCUT2D eigenvalue weighted by Crippen LogP contribution is -2.39. The summed E-state index contributed by atoms with van der Waals surface area (Å²) in [5.74, 6) is 1.10. The first-order valence-corrected chi connectivity index (χ1v) is 9.37. The first-order chi connectivity index (χ1) is 11.1. The molecule has 2 aliphatic rings. The van der Waals surface area contributed by atoms with Crippen LogP contribution < -0.4 is 10.1 Å². The molecule has 1 fully saturated rings. The van der Waals surface area contributed by atoms with Crippen LogP contribution in [-0.4, -0.2) is 27.6 Å². The highest BCUT2D eigenvalue weighted by Crippen LogP contribution is 2.42. The Balaban J connectivity index is 1.74. The van der Waals surface area contributed by atoms with Gasteiger partial charge in [-0.25, -0.2) is 8.42 Å². The third kappa shape index (κ3) is 2.44. The maximum Gasteiger partial charge on any atom is 0.206 e. The Morgan fingerprint density at radius 2 is 1.96 bits per heavy atom. The molecule has 23 heavy (non-hydrogen) atoms. The summed E-state index contributed by atoms with van der Waals surface area (Å²) >= 11 is 0. The molecular formula is C18H19NO3S. The van der Waals surface area contributed by atoms with E-state index in [1.807, 2.05) is 19.1 Å². The first-order valence-electron chi connectivity index (χ1n) is 7.89. The summed E-state index contributed by atoms with van der Waals surface area (Å²) in [4.78, 5) is 0.628. The van der Waals surface area contributed by atoms with Gasteiger partial charge in [-0.1, -0.05) is 18.2 Å². The fourth-order valence-corrected chi connectivity index (χ4v) is 4.86. The maximum absolute atomic E-state index is 12.8. The zero-order valence-corrected chi connectivity index (χ0v) is 13.8. The van der Waals surface area contributed by atoms with Crippen LogP contribution in [0.25, 0.3) is 0 Å². The third-order valence-corrected chi connectivity index (χ3v) is 6.45. The van der Waals surface area contributed by atoms with Crippen molar-refractivity contribution in [3.05, 3.63) is 53.6 Å². The number of hydrogen-bond acceptors (Lipinski definition) is 4. The van der Waals surface area contributed by atoms with E-state index in [-0.39, 0.29) is 6.10 Å². The fourth-order valence-electron chi connectivity index (χ4n) is 3.48. The van der Waals surface area contributed by atoms with Gasteiger partial charge in [0, 0.05) is 18.0 Å². The largest absolute Gasteiger partial charge is 0.488 e. The van der Waals surface area contributed by atoms with E-state index < -0.39 is 9.84 Å². The Kier molecular flexibility index (Phi) is 3.43. The van der Waals surface area contributed by atoms with Crippen molar-refractivity contribution in [3.63, 3.8) is 0 Å². The van der Waals surface area contributed by atoms with Gasteiger partial charge in [0.15, 0.2) is 0 Å². The molecule has 0 radical (unpaired) electrons. The van der Waals surface area contributed by atoms with E-state index in [4.69, 9.17) is 4.74 Å². The molecule has 0 spiro atoms. The number of benzene rings is 2. The lowest BCUT2D eigenvalue weighted by molar-refractivity contribution is 0.176. The molecule has 2 aromatic carbocycles. The molecule has 2 heterocycles. The topological polar surface area (TPSA) is 55.4 Å². The van der Waals surface area contributed by atoms with Crippen LogP contribution in [0.15, 0.2) is 52.3 Å². The van der Waals surface area contributed by atoms with E-state index in [2.05, 4.69) is 5.32 Å². The van der Waals surface area contributed by atoms with Crippen molar-refractivity contribution in [2.45, 2.75) is 35.2 Å². The zero-order chi connectivity index (χ0) is 16.0. The van der Waals surface area contributed by atoms with Crippen molar-refractivity contribution < 1.29 is 13.2 Å². The van der Waals surface area contributed by atoms with Gasteiger partial charge < -0.3 is 10.1 Å². The number of rotatable bonds is 2. The molecule has 4 nitrogen and oxygen atoms in total. The summed E-state index contributed by atoms with van der Waals surface area (Å²) in [5.41, 5.74) is 2.07. The van der Waals surface area contributed by atoms with Crippen LogP contribution in [0.2, 0.25) is 0 Å². The lowest BCUT2D eigenvalue weighted by atomic mass is 9.90. The Bertz CT molecular complexity index is 860. The number of ether oxygens (including phenoxy) is 1. The van der Waals surface area contributed by atoms with Crippen LogP contribution in [0.3, 0.4) is 0 Å². The Morgan fingerprint density at radius 3 is 2.78 bits per heavy atom. The SMILES string of the molecule is Cc1cccc(S(=O)(=O)c2ccc3c(c2)O[C@H]2CNCC[C@@H]32)c1. The Hall–Kier alpha value is -1.85. The highest BCUT2D eigenvalue weighted by atomic mass is 32.2. The van der Waals surface area contributed by atoms with Gasteiger partial charge in [0.2, 0.25) is 9.84 Å². The van der Waals surface area contributed by atoms with E-state index in [0.717, 1.165) is 36.4 Å². The minimum absolute atomic E-state index is 0.121. The fraction of sp³-hybridized carbons (Fsp3) is 0.333. The predicted octanol–water partition coefficient (Wildman–Crippen LogP) is 2.67. The summed E-state index contributed by atoms with van der Waals surface area (Å²) in [5, 5.41) is 3.32. The van der Waals surface area contributed by atoms with Crippen LogP contribution in [0.5, 0.6) is 5.75 Å². The summed E-state index contributed by atoms with van der Waals surface area (Å²) in [6.07, 6.45) is 1.15. The Morgan fingerprint density at radius 1 is 1.13 bits per heavy atom. The predicted molar refractivity (Wildman–Crippen MR) is 87.7 cm³/mol. The molecule has 0 bridgehead atoms.